The van der Waals surface area contributed by atoms with E-state index in [4.69, 9.17) is 0 Å². The molecule has 2 aliphatic heterocycles. The molecule has 3 rings (SSSR count). The summed E-state index contributed by atoms with van der Waals surface area (Å²) >= 11 is 1.98. The van der Waals surface area contributed by atoms with Crippen LogP contribution in [-0.2, 0) is 0 Å². The number of hydrogen-bond acceptors (Lipinski definition) is 3. The first-order valence-electron chi connectivity index (χ1n) is 9.71. The topological polar surface area (TPSA) is 30.9 Å². The lowest BCUT2D eigenvalue weighted by molar-refractivity contribution is 0.231. The van der Waals surface area contributed by atoms with E-state index in [-0.39, 0.29) is 0 Å². The van der Waals surface area contributed by atoms with Crippen LogP contribution in [0.2, 0.25) is 0 Å². The Morgan fingerprint density at radius 3 is 2.72 bits per heavy atom. The number of thioether (sulfide) groups is 1. The van der Waals surface area contributed by atoms with Gasteiger partial charge in [0.15, 0.2) is 5.96 Å². The molecule has 2 heterocycles. The third kappa shape index (κ3) is 5.93. The molecule has 25 heavy (non-hydrogen) atoms. The molecule has 0 bridgehead atoms. The van der Waals surface area contributed by atoms with Crippen molar-refractivity contribution < 1.29 is 0 Å². The van der Waals surface area contributed by atoms with Crippen LogP contribution in [0.4, 0.5) is 0 Å². The van der Waals surface area contributed by atoms with Crippen molar-refractivity contribution in [2.75, 3.05) is 52.1 Å². The molecule has 1 aromatic rings. The first kappa shape index (κ1) is 18.6. The van der Waals surface area contributed by atoms with Gasteiger partial charge < -0.3 is 15.1 Å². The predicted molar refractivity (Wildman–Crippen MR) is 108 cm³/mol. The molecule has 0 aromatic heterocycles. The van der Waals surface area contributed by atoms with Crippen molar-refractivity contribution in [2.24, 2.45) is 10.9 Å². The molecule has 0 aliphatic carbocycles. The van der Waals surface area contributed by atoms with E-state index in [0.717, 1.165) is 38.1 Å². The molecule has 1 atom stereocenters. The highest BCUT2D eigenvalue weighted by Crippen LogP contribution is 2.25. The second kappa shape index (κ2) is 10.1. The number of likely N-dealkylation sites (tertiary alicyclic amines) is 2. The van der Waals surface area contributed by atoms with Crippen LogP contribution in [0.15, 0.2) is 40.2 Å². The van der Waals surface area contributed by atoms with Gasteiger partial charge in [-0.05, 0) is 50.4 Å². The Morgan fingerprint density at radius 2 is 1.96 bits per heavy atom. The number of guanidine groups is 1. The maximum atomic E-state index is 4.51. The SMILES string of the molecule is CN=C(NCCN1CCCCC1)N1CCC(CSc2ccccc2)C1. The minimum atomic E-state index is 0.755. The molecule has 0 saturated carbocycles. The summed E-state index contributed by atoms with van der Waals surface area (Å²) < 4.78 is 0. The summed E-state index contributed by atoms with van der Waals surface area (Å²) in [5, 5.41) is 3.58. The van der Waals surface area contributed by atoms with Gasteiger partial charge in [0.05, 0.1) is 0 Å². The van der Waals surface area contributed by atoms with E-state index in [0.29, 0.717) is 0 Å². The van der Waals surface area contributed by atoms with Gasteiger partial charge in [-0.1, -0.05) is 24.6 Å². The summed E-state index contributed by atoms with van der Waals surface area (Å²) in [5.41, 5.74) is 0. The van der Waals surface area contributed by atoms with E-state index in [2.05, 4.69) is 50.4 Å². The quantitative estimate of drug-likeness (QED) is 0.480. The fraction of sp³-hybridized carbons (Fsp3) is 0.650. The van der Waals surface area contributed by atoms with Crippen molar-refractivity contribution in [3.63, 3.8) is 0 Å². The van der Waals surface area contributed by atoms with Crippen LogP contribution >= 0.6 is 11.8 Å². The Morgan fingerprint density at radius 1 is 1.16 bits per heavy atom. The molecule has 5 heteroatoms. The number of hydrogen-bond donors (Lipinski definition) is 1. The number of aliphatic imine (C=N–C) groups is 1. The molecule has 0 radical (unpaired) electrons. The maximum Gasteiger partial charge on any atom is 0.193 e. The molecule has 2 fully saturated rings. The van der Waals surface area contributed by atoms with Gasteiger partial charge in [-0.3, -0.25) is 4.99 Å². The third-order valence-corrected chi connectivity index (χ3v) is 6.43. The summed E-state index contributed by atoms with van der Waals surface area (Å²) in [6.07, 6.45) is 5.40. The van der Waals surface area contributed by atoms with Crippen LogP contribution in [-0.4, -0.2) is 67.8 Å². The van der Waals surface area contributed by atoms with E-state index in [9.17, 15) is 0 Å². The Labute approximate surface area is 157 Å². The van der Waals surface area contributed by atoms with E-state index in [1.165, 1.54) is 49.4 Å². The second-order valence-electron chi connectivity index (χ2n) is 7.10. The van der Waals surface area contributed by atoms with E-state index in [1.54, 1.807) is 0 Å². The molecule has 2 aliphatic rings. The number of rotatable bonds is 6. The van der Waals surface area contributed by atoms with Crippen molar-refractivity contribution in [2.45, 2.75) is 30.6 Å². The van der Waals surface area contributed by atoms with Crippen molar-refractivity contribution in [3.8, 4) is 0 Å². The first-order chi connectivity index (χ1) is 12.3. The maximum absolute atomic E-state index is 4.51. The average Bonchev–Trinajstić information content (AvgIpc) is 3.14. The lowest BCUT2D eigenvalue weighted by Crippen LogP contribution is -2.44. The van der Waals surface area contributed by atoms with Crippen LogP contribution in [0.25, 0.3) is 0 Å². The second-order valence-corrected chi connectivity index (χ2v) is 8.19. The van der Waals surface area contributed by atoms with E-state index < -0.39 is 0 Å². The van der Waals surface area contributed by atoms with Crippen LogP contribution in [0.1, 0.15) is 25.7 Å². The number of benzene rings is 1. The standard InChI is InChI=1S/C20H32N4S/c1-21-20(22-11-15-23-12-6-3-7-13-23)24-14-10-18(16-24)17-25-19-8-4-2-5-9-19/h2,4-5,8-9,18H,3,6-7,10-17H2,1H3,(H,21,22). The van der Waals surface area contributed by atoms with Gasteiger partial charge in [0.1, 0.15) is 0 Å². The van der Waals surface area contributed by atoms with Gasteiger partial charge >= 0.3 is 0 Å². The predicted octanol–water partition coefficient (Wildman–Crippen LogP) is 3.16. The zero-order valence-corrected chi connectivity index (χ0v) is 16.3. The summed E-state index contributed by atoms with van der Waals surface area (Å²) in [7, 11) is 1.91. The monoisotopic (exact) mass is 360 g/mol. The minimum absolute atomic E-state index is 0.755. The van der Waals surface area contributed by atoms with Gasteiger partial charge in [0.25, 0.3) is 0 Å². The van der Waals surface area contributed by atoms with Crippen molar-refractivity contribution in [1.29, 1.82) is 0 Å². The molecule has 0 spiro atoms. The lowest BCUT2D eigenvalue weighted by Gasteiger charge is -2.28. The third-order valence-electron chi connectivity index (χ3n) is 5.19. The van der Waals surface area contributed by atoms with Crippen LogP contribution < -0.4 is 5.32 Å². The Balaban J connectivity index is 1.37. The smallest absolute Gasteiger partial charge is 0.193 e. The van der Waals surface area contributed by atoms with Crippen LogP contribution in [0, 0.1) is 5.92 Å². The minimum Gasteiger partial charge on any atom is -0.355 e. The zero-order valence-electron chi connectivity index (χ0n) is 15.5. The molecule has 4 nitrogen and oxygen atoms in total. The fourth-order valence-corrected chi connectivity index (χ4v) is 4.78. The highest BCUT2D eigenvalue weighted by Gasteiger charge is 2.24. The highest BCUT2D eigenvalue weighted by atomic mass is 32.2. The summed E-state index contributed by atoms with van der Waals surface area (Å²) in [6, 6.07) is 10.7. The number of nitrogens with one attached hydrogen (secondary N) is 1. The van der Waals surface area contributed by atoms with Crippen LogP contribution in [0.3, 0.4) is 0 Å². The Bertz CT molecular complexity index is 528. The lowest BCUT2D eigenvalue weighted by atomic mass is 10.1. The number of nitrogens with zero attached hydrogens (tertiary/aromatic N) is 3. The van der Waals surface area contributed by atoms with Crippen LogP contribution in [0.5, 0.6) is 0 Å². The number of piperidine rings is 1. The zero-order chi connectivity index (χ0) is 17.3. The highest BCUT2D eigenvalue weighted by molar-refractivity contribution is 7.99. The normalized spacial score (nSPS) is 22.4. The van der Waals surface area contributed by atoms with Gasteiger partial charge in [0, 0.05) is 43.9 Å². The van der Waals surface area contributed by atoms with Crippen molar-refractivity contribution >= 4 is 17.7 Å². The summed E-state index contributed by atoms with van der Waals surface area (Å²) in [6.45, 7) is 6.94. The molecular formula is C20H32N4S. The van der Waals surface area contributed by atoms with Crippen molar-refractivity contribution in [1.82, 2.24) is 15.1 Å². The summed E-state index contributed by atoms with van der Waals surface area (Å²) in [4.78, 5) is 10.9. The molecule has 2 saturated heterocycles. The molecule has 138 valence electrons. The molecular weight excluding hydrogens is 328 g/mol. The molecule has 1 N–H and O–H groups in total. The Kier molecular flexibility index (Phi) is 7.49. The van der Waals surface area contributed by atoms with Gasteiger partial charge in [-0.15, -0.1) is 11.8 Å². The molecule has 1 aromatic carbocycles. The van der Waals surface area contributed by atoms with Gasteiger partial charge in [-0.2, -0.15) is 0 Å². The Hall–Kier alpha value is -1.20. The van der Waals surface area contributed by atoms with Crippen molar-refractivity contribution in [3.05, 3.63) is 30.3 Å². The largest absolute Gasteiger partial charge is 0.355 e. The molecule has 1 unspecified atom stereocenters. The van der Waals surface area contributed by atoms with E-state index >= 15 is 0 Å². The molecule has 0 amide bonds. The van der Waals surface area contributed by atoms with Gasteiger partial charge in [0.2, 0.25) is 0 Å². The fourth-order valence-electron chi connectivity index (χ4n) is 3.73. The first-order valence-corrected chi connectivity index (χ1v) is 10.7. The van der Waals surface area contributed by atoms with Gasteiger partial charge in [-0.25, -0.2) is 0 Å². The van der Waals surface area contributed by atoms with E-state index in [1.807, 2.05) is 18.8 Å². The summed E-state index contributed by atoms with van der Waals surface area (Å²) in [5.74, 6) is 3.04. The average molecular weight is 361 g/mol.